The molecule has 1 N–H and O–H groups in total. The number of amides is 1. The average Bonchev–Trinajstić information content (AvgIpc) is 2.92. The highest BCUT2D eigenvalue weighted by atomic mass is 16.5. The minimum absolute atomic E-state index is 0.0145. The number of ether oxygens (including phenoxy) is 2. The molecule has 0 aliphatic carbocycles. The third-order valence-corrected chi connectivity index (χ3v) is 6.80. The van der Waals surface area contributed by atoms with E-state index in [9.17, 15) is 4.79 Å². The number of hydrogen-bond acceptors (Lipinski definition) is 5. The molecule has 0 saturated carbocycles. The van der Waals surface area contributed by atoms with E-state index in [2.05, 4.69) is 46.6 Å². The third-order valence-electron chi connectivity index (χ3n) is 6.80. The number of carbonyl (C=O) groups is 1. The van der Waals surface area contributed by atoms with Gasteiger partial charge in [-0.05, 0) is 29.2 Å². The zero-order valence-electron chi connectivity index (χ0n) is 21.4. The summed E-state index contributed by atoms with van der Waals surface area (Å²) in [6.07, 6.45) is 0. The van der Waals surface area contributed by atoms with Crippen LogP contribution in [-0.4, -0.2) is 77.1 Å². The minimum atomic E-state index is -0.0906. The highest BCUT2D eigenvalue weighted by molar-refractivity contribution is 6.36. The van der Waals surface area contributed by atoms with Crippen LogP contribution in [0.3, 0.4) is 0 Å². The summed E-state index contributed by atoms with van der Waals surface area (Å²) in [6.45, 7) is 5.97. The number of morpholine rings is 1. The van der Waals surface area contributed by atoms with E-state index in [1.165, 1.54) is 5.56 Å². The zero-order chi connectivity index (χ0) is 25.5. The molecule has 1 heterocycles. The van der Waals surface area contributed by atoms with Crippen molar-refractivity contribution in [1.29, 1.82) is 0 Å². The van der Waals surface area contributed by atoms with Gasteiger partial charge in [0.2, 0.25) is 5.91 Å². The Labute approximate surface area is 215 Å². The average molecular weight is 483 g/mol. The molecule has 1 amide bonds. The molecular formula is C29H34BN3O3. The lowest BCUT2D eigenvalue weighted by molar-refractivity contribution is -0.130. The first-order valence-electron chi connectivity index (χ1n) is 12.4. The molecule has 36 heavy (non-hydrogen) atoms. The van der Waals surface area contributed by atoms with E-state index in [4.69, 9.17) is 17.3 Å². The number of likely N-dealkylation sites (N-methyl/N-ethyl adjacent to an activating group) is 1. The van der Waals surface area contributed by atoms with Gasteiger partial charge in [0, 0.05) is 38.4 Å². The lowest BCUT2D eigenvalue weighted by Gasteiger charge is -2.35. The van der Waals surface area contributed by atoms with E-state index < -0.39 is 0 Å². The second-order valence-electron chi connectivity index (χ2n) is 9.18. The Hall–Kier alpha value is -3.29. The summed E-state index contributed by atoms with van der Waals surface area (Å²) in [5.74, 6) is 0.718. The van der Waals surface area contributed by atoms with Crippen molar-refractivity contribution in [2.24, 2.45) is 0 Å². The van der Waals surface area contributed by atoms with Crippen LogP contribution in [0.2, 0.25) is 0 Å². The number of methoxy groups -OCH3 is 1. The van der Waals surface area contributed by atoms with Gasteiger partial charge in [-0.25, -0.2) is 0 Å². The van der Waals surface area contributed by atoms with Crippen LogP contribution < -0.4 is 15.5 Å². The number of aryl methyl sites for hydroxylation is 1. The molecule has 7 heteroatoms. The predicted molar refractivity (Wildman–Crippen MR) is 146 cm³/mol. The van der Waals surface area contributed by atoms with Gasteiger partial charge in [0.05, 0.1) is 32.9 Å². The van der Waals surface area contributed by atoms with Gasteiger partial charge in [-0.3, -0.25) is 9.69 Å². The molecule has 0 aromatic heterocycles. The number of hydrogen-bond donors (Lipinski definition) is 1. The van der Waals surface area contributed by atoms with E-state index in [0.29, 0.717) is 24.4 Å². The minimum Gasteiger partial charge on any atom is -0.496 e. The summed E-state index contributed by atoms with van der Waals surface area (Å²) in [4.78, 5) is 17.5. The Morgan fingerprint density at radius 2 is 1.75 bits per heavy atom. The van der Waals surface area contributed by atoms with E-state index in [1.807, 2.05) is 49.2 Å². The molecule has 6 nitrogen and oxygen atoms in total. The Balaban J connectivity index is 1.51. The maximum atomic E-state index is 13.3. The molecule has 1 atom stereocenters. The van der Waals surface area contributed by atoms with Crippen LogP contribution >= 0.6 is 0 Å². The molecule has 186 valence electrons. The standard InChI is InChI=1S/C29H34BN3O3/c1-21-17-25(30)26(18-28(21)35-3)31-19-29(34)32(2)27(20-33-13-15-36-16-14-33)24-11-9-23(10-12-24)22-7-5-4-6-8-22/h4-12,17-18,27,31H,13-16,19-20H2,1-3H3. The largest absolute Gasteiger partial charge is 0.496 e. The molecule has 1 aliphatic heterocycles. The molecule has 1 fully saturated rings. The summed E-state index contributed by atoms with van der Waals surface area (Å²) in [6, 6.07) is 22.4. The number of rotatable bonds is 9. The molecule has 3 aromatic rings. The van der Waals surface area contributed by atoms with Crippen LogP contribution in [0, 0.1) is 6.92 Å². The molecule has 1 aliphatic rings. The van der Waals surface area contributed by atoms with E-state index in [1.54, 1.807) is 7.11 Å². The first-order chi connectivity index (χ1) is 17.5. The number of nitrogens with zero attached hydrogens (tertiary/aromatic N) is 2. The van der Waals surface area contributed by atoms with Gasteiger partial charge >= 0.3 is 0 Å². The number of carbonyl (C=O) groups excluding carboxylic acids is 1. The smallest absolute Gasteiger partial charge is 0.242 e. The lowest BCUT2D eigenvalue weighted by Crippen LogP contribution is -2.45. The van der Waals surface area contributed by atoms with E-state index in [-0.39, 0.29) is 18.5 Å². The number of anilines is 1. The van der Waals surface area contributed by atoms with Gasteiger partial charge in [0.15, 0.2) is 0 Å². The second-order valence-corrected chi connectivity index (χ2v) is 9.18. The Bertz CT molecular complexity index is 1150. The zero-order valence-corrected chi connectivity index (χ0v) is 21.4. The summed E-state index contributed by atoms with van der Waals surface area (Å²) in [5, 5.41) is 3.21. The Morgan fingerprint density at radius 3 is 2.42 bits per heavy atom. The monoisotopic (exact) mass is 483 g/mol. The fraction of sp³-hybridized carbons (Fsp3) is 0.345. The van der Waals surface area contributed by atoms with Crippen LogP contribution in [0.25, 0.3) is 11.1 Å². The molecule has 1 unspecified atom stereocenters. The van der Waals surface area contributed by atoms with Crippen LogP contribution in [-0.2, 0) is 9.53 Å². The van der Waals surface area contributed by atoms with Crippen molar-refractivity contribution < 1.29 is 14.3 Å². The first kappa shape index (κ1) is 25.8. The Kier molecular flexibility index (Phi) is 8.67. The van der Waals surface area contributed by atoms with Crippen LogP contribution in [0.15, 0.2) is 66.7 Å². The van der Waals surface area contributed by atoms with Crippen molar-refractivity contribution in [3.8, 4) is 16.9 Å². The summed E-state index contributed by atoms with van der Waals surface area (Å²) < 4.78 is 10.9. The van der Waals surface area contributed by atoms with Crippen molar-refractivity contribution in [2.45, 2.75) is 13.0 Å². The fourth-order valence-corrected chi connectivity index (χ4v) is 4.56. The SMILES string of the molecule is [B]c1cc(C)c(OC)cc1NCC(=O)N(C)C(CN1CCOCC1)c1ccc(-c2ccccc2)cc1. The van der Waals surface area contributed by atoms with Crippen molar-refractivity contribution in [1.82, 2.24) is 9.80 Å². The van der Waals surface area contributed by atoms with Gasteiger partial charge in [-0.2, -0.15) is 0 Å². The van der Waals surface area contributed by atoms with Gasteiger partial charge in [0.1, 0.15) is 13.6 Å². The molecule has 4 rings (SSSR count). The van der Waals surface area contributed by atoms with Crippen LogP contribution in [0.1, 0.15) is 17.2 Å². The molecule has 2 radical (unpaired) electrons. The highest BCUT2D eigenvalue weighted by Crippen LogP contribution is 2.26. The lowest BCUT2D eigenvalue weighted by atomic mass is 9.92. The summed E-state index contributed by atoms with van der Waals surface area (Å²) in [5.41, 5.74) is 5.67. The highest BCUT2D eigenvalue weighted by Gasteiger charge is 2.25. The van der Waals surface area contributed by atoms with Gasteiger partial charge in [-0.1, -0.05) is 66.1 Å². The second kappa shape index (κ2) is 12.1. The summed E-state index contributed by atoms with van der Waals surface area (Å²) >= 11 is 0. The summed E-state index contributed by atoms with van der Waals surface area (Å²) in [7, 11) is 9.68. The third kappa shape index (κ3) is 6.28. The van der Waals surface area contributed by atoms with E-state index in [0.717, 1.165) is 42.1 Å². The maximum Gasteiger partial charge on any atom is 0.242 e. The molecule has 0 spiro atoms. The van der Waals surface area contributed by atoms with Crippen molar-refractivity contribution in [3.05, 3.63) is 77.9 Å². The van der Waals surface area contributed by atoms with Gasteiger partial charge < -0.3 is 19.7 Å². The number of benzene rings is 3. The van der Waals surface area contributed by atoms with E-state index >= 15 is 0 Å². The van der Waals surface area contributed by atoms with Crippen molar-refractivity contribution >= 4 is 24.9 Å². The maximum absolute atomic E-state index is 13.3. The molecule has 0 bridgehead atoms. The topological polar surface area (TPSA) is 54.0 Å². The molecule has 3 aromatic carbocycles. The van der Waals surface area contributed by atoms with Gasteiger partial charge in [-0.15, -0.1) is 0 Å². The van der Waals surface area contributed by atoms with Crippen LogP contribution in [0.4, 0.5) is 5.69 Å². The van der Waals surface area contributed by atoms with Crippen molar-refractivity contribution in [2.75, 3.05) is 58.9 Å². The number of nitrogens with one attached hydrogen (secondary N) is 1. The van der Waals surface area contributed by atoms with Crippen LogP contribution in [0.5, 0.6) is 5.75 Å². The predicted octanol–water partition coefficient (Wildman–Crippen LogP) is 3.41. The van der Waals surface area contributed by atoms with Gasteiger partial charge in [0.25, 0.3) is 0 Å². The quantitative estimate of drug-likeness (QED) is 0.473. The fourth-order valence-electron chi connectivity index (χ4n) is 4.56. The Morgan fingerprint density at radius 1 is 1.08 bits per heavy atom. The van der Waals surface area contributed by atoms with Crippen molar-refractivity contribution in [3.63, 3.8) is 0 Å². The normalized spacial score (nSPS) is 14.8. The molecular weight excluding hydrogens is 449 g/mol. The first-order valence-corrected chi connectivity index (χ1v) is 12.4. The molecule has 1 saturated heterocycles.